The second-order valence-electron chi connectivity index (χ2n) is 12.9. The Morgan fingerprint density at radius 1 is 0.682 bits per heavy atom. The number of allylic oxidation sites excluding steroid dienone is 2. The topological polar surface area (TPSA) is 108 Å². The lowest BCUT2D eigenvalue weighted by molar-refractivity contribution is -0.870. The minimum atomic E-state index is -4.36. The number of carbonyl (C=O) groups excluding carboxylic acids is 2. The summed E-state index contributed by atoms with van der Waals surface area (Å²) in [6.07, 6.45) is 24.1. The molecule has 0 aliphatic rings. The second kappa shape index (κ2) is 28.0. The molecule has 260 valence electrons. The molecule has 0 fully saturated rings. The van der Waals surface area contributed by atoms with Gasteiger partial charge in [-0.15, -0.1) is 0 Å². The van der Waals surface area contributed by atoms with Gasteiger partial charge in [-0.2, -0.15) is 0 Å². The van der Waals surface area contributed by atoms with Gasteiger partial charge in [0.15, 0.2) is 6.10 Å². The summed E-state index contributed by atoms with van der Waals surface area (Å²) in [6.45, 7) is 4.31. The molecule has 0 aromatic rings. The van der Waals surface area contributed by atoms with Gasteiger partial charge in [-0.3, -0.25) is 18.6 Å². The van der Waals surface area contributed by atoms with Crippen LogP contribution in [-0.2, 0) is 32.7 Å². The predicted molar refractivity (Wildman–Crippen MR) is 178 cm³/mol. The van der Waals surface area contributed by atoms with Crippen molar-refractivity contribution in [2.45, 2.75) is 148 Å². The number of rotatable bonds is 31. The third-order valence-electron chi connectivity index (χ3n) is 7.28. The smallest absolute Gasteiger partial charge is 0.462 e. The summed E-state index contributed by atoms with van der Waals surface area (Å²) in [5.41, 5.74) is 0. The molecule has 0 heterocycles. The molecule has 10 heteroatoms. The Morgan fingerprint density at radius 3 is 1.77 bits per heavy atom. The Kier molecular flexibility index (Phi) is 27.2. The van der Waals surface area contributed by atoms with Crippen molar-refractivity contribution < 1.29 is 42.1 Å². The first-order valence-electron chi connectivity index (χ1n) is 17.4. The second-order valence-corrected chi connectivity index (χ2v) is 14.4. The molecule has 2 unspecified atom stereocenters. The van der Waals surface area contributed by atoms with Crippen LogP contribution in [-0.4, -0.2) is 74.9 Å². The molecule has 0 saturated carbocycles. The molecule has 44 heavy (non-hydrogen) atoms. The number of hydrogen-bond acceptors (Lipinski definition) is 7. The van der Waals surface area contributed by atoms with Gasteiger partial charge in [-0.25, -0.2) is 4.57 Å². The van der Waals surface area contributed by atoms with Crippen LogP contribution in [0.2, 0.25) is 0 Å². The Hall–Kier alpha value is -1.25. The molecule has 0 saturated heterocycles. The summed E-state index contributed by atoms with van der Waals surface area (Å²) in [5.74, 6) is -0.813. The van der Waals surface area contributed by atoms with Crippen molar-refractivity contribution in [2.75, 3.05) is 47.5 Å². The lowest BCUT2D eigenvalue weighted by Crippen LogP contribution is -2.37. The van der Waals surface area contributed by atoms with Crippen LogP contribution in [0.15, 0.2) is 12.2 Å². The molecule has 0 rings (SSSR count). The fourth-order valence-electron chi connectivity index (χ4n) is 4.48. The van der Waals surface area contributed by atoms with E-state index in [9.17, 15) is 19.0 Å². The lowest BCUT2D eigenvalue weighted by Gasteiger charge is -2.24. The van der Waals surface area contributed by atoms with Crippen molar-refractivity contribution in [2.24, 2.45) is 0 Å². The minimum Gasteiger partial charge on any atom is -0.462 e. The summed E-state index contributed by atoms with van der Waals surface area (Å²) < 4.78 is 34.0. The highest BCUT2D eigenvalue weighted by Crippen LogP contribution is 2.43. The van der Waals surface area contributed by atoms with Crippen molar-refractivity contribution in [1.82, 2.24) is 0 Å². The largest absolute Gasteiger partial charge is 0.472 e. The first-order chi connectivity index (χ1) is 21.0. The summed E-state index contributed by atoms with van der Waals surface area (Å²) >= 11 is 0. The number of carbonyl (C=O) groups is 2. The van der Waals surface area contributed by atoms with Crippen LogP contribution in [0.25, 0.3) is 0 Å². The Labute approximate surface area is 269 Å². The predicted octanol–water partition coefficient (Wildman–Crippen LogP) is 8.68. The zero-order chi connectivity index (χ0) is 32.9. The highest BCUT2D eigenvalue weighted by Gasteiger charge is 2.27. The van der Waals surface area contributed by atoms with E-state index in [1.54, 1.807) is 0 Å². The summed E-state index contributed by atoms with van der Waals surface area (Å²) in [7, 11) is 1.47. The summed E-state index contributed by atoms with van der Waals surface area (Å²) in [5, 5.41) is 0. The molecule has 0 spiro atoms. The van der Waals surface area contributed by atoms with Crippen molar-refractivity contribution in [3.63, 3.8) is 0 Å². The Morgan fingerprint density at radius 2 is 1.20 bits per heavy atom. The maximum atomic E-state index is 12.5. The van der Waals surface area contributed by atoms with Crippen molar-refractivity contribution in [3.05, 3.63) is 12.2 Å². The van der Waals surface area contributed by atoms with E-state index in [1.807, 2.05) is 21.1 Å². The van der Waals surface area contributed by atoms with Crippen LogP contribution in [0.4, 0.5) is 0 Å². The SMILES string of the molecule is CCC/C=C\CCCCCCCC(=O)OC(COC(=O)CCCCCCCCCCCC)COP(=O)(O)OCC[N+](C)(C)C. The van der Waals surface area contributed by atoms with Crippen LogP contribution in [0, 0.1) is 0 Å². The van der Waals surface area contributed by atoms with E-state index < -0.39 is 26.5 Å². The highest BCUT2D eigenvalue weighted by atomic mass is 31.2. The number of phosphoric acid groups is 1. The first-order valence-corrected chi connectivity index (χ1v) is 18.9. The van der Waals surface area contributed by atoms with Gasteiger partial charge in [0.05, 0.1) is 27.7 Å². The molecule has 0 aromatic heterocycles. The first kappa shape index (κ1) is 42.8. The van der Waals surface area contributed by atoms with E-state index in [0.717, 1.165) is 57.8 Å². The minimum absolute atomic E-state index is 0.0323. The van der Waals surface area contributed by atoms with Crippen LogP contribution < -0.4 is 0 Å². The zero-order valence-electron chi connectivity index (χ0n) is 28.9. The van der Waals surface area contributed by atoms with Crippen LogP contribution in [0.1, 0.15) is 142 Å². The molecule has 1 N–H and O–H groups in total. The van der Waals surface area contributed by atoms with Crippen LogP contribution in [0.3, 0.4) is 0 Å². The molecule has 0 bridgehead atoms. The van der Waals surface area contributed by atoms with Crippen LogP contribution in [0.5, 0.6) is 0 Å². The van der Waals surface area contributed by atoms with Gasteiger partial charge in [0.25, 0.3) is 0 Å². The number of ether oxygens (including phenoxy) is 2. The number of phosphoric ester groups is 1. The van der Waals surface area contributed by atoms with Gasteiger partial charge in [0.2, 0.25) is 0 Å². The van der Waals surface area contributed by atoms with Gasteiger partial charge in [-0.05, 0) is 32.1 Å². The van der Waals surface area contributed by atoms with E-state index >= 15 is 0 Å². The van der Waals surface area contributed by atoms with Crippen molar-refractivity contribution >= 4 is 19.8 Å². The summed E-state index contributed by atoms with van der Waals surface area (Å²) in [4.78, 5) is 34.9. The fourth-order valence-corrected chi connectivity index (χ4v) is 5.23. The number of esters is 2. The van der Waals surface area contributed by atoms with Gasteiger partial charge in [0.1, 0.15) is 19.8 Å². The summed E-state index contributed by atoms with van der Waals surface area (Å²) in [6, 6.07) is 0. The van der Waals surface area contributed by atoms with E-state index in [0.29, 0.717) is 23.9 Å². The van der Waals surface area contributed by atoms with Crippen molar-refractivity contribution in [3.8, 4) is 0 Å². The molecule has 9 nitrogen and oxygen atoms in total. The molecule has 0 amide bonds. The van der Waals surface area contributed by atoms with Crippen molar-refractivity contribution in [1.29, 1.82) is 0 Å². The normalized spacial score (nSPS) is 14.0. The van der Waals surface area contributed by atoms with Gasteiger partial charge >= 0.3 is 19.8 Å². The molecule has 0 aromatic carbocycles. The quantitative estimate of drug-likeness (QED) is 0.0262. The van der Waals surface area contributed by atoms with Crippen LogP contribution >= 0.6 is 7.82 Å². The van der Waals surface area contributed by atoms with Gasteiger partial charge in [-0.1, -0.05) is 109 Å². The Balaban J connectivity index is 4.50. The average Bonchev–Trinajstić information content (AvgIpc) is 2.95. The van der Waals surface area contributed by atoms with Gasteiger partial charge < -0.3 is 18.9 Å². The maximum absolute atomic E-state index is 12.5. The maximum Gasteiger partial charge on any atom is 0.472 e. The number of hydrogen-bond donors (Lipinski definition) is 1. The average molecular weight is 649 g/mol. The number of unbranched alkanes of at least 4 members (excludes halogenated alkanes) is 15. The van der Waals surface area contributed by atoms with E-state index in [2.05, 4.69) is 26.0 Å². The molecule has 0 radical (unpaired) electrons. The fraction of sp³-hybridized carbons (Fsp3) is 0.882. The molecule has 0 aliphatic heterocycles. The molecular weight excluding hydrogens is 581 g/mol. The van der Waals surface area contributed by atoms with Gasteiger partial charge in [0, 0.05) is 12.8 Å². The van der Waals surface area contributed by atoms with E-state index in [1.165, 1.54) is 51.4 Å². The molecule has 2 atom stereocenters. The standard InChI is InChI=1S/C34H66NO8P/c1-6-8-10-12-14-16-18-20-22-24-26-33(36)40-30-32(31-42-44(38,39)41-29-28-35(3,4)5)43-34(37)27-25-23-21-19-17-15-13-11-9-7-2/h11,13,32H,6-10,12,14-31H2,1-5H3/p+1/b13-11-. The lowest BCUT2D eigenvalue weighted by atomic mass is 10.1. The third-order valence-corrected chi connectivity index (χ3v) is 8.26. The Bertz CT molecular complexity index is 784. The zero-order valence-corrected chi connectivity index (χ0v) is 29.8. The number of nitrogens with zero attached hydrogens (tertiary/aromatic N) is 1. The monoisotopic (exact) mass is 648 g/mol. The highest BCUT2D eigenvalue weighted by molar-refractivity contribution is 7.47. The number of quaternary nitrogens is 1. The van der Waals surface area contributed by atoms with E-state index in [-0.39, 0.29) is 25.6 Å². The van der Waals surface area contributed by atoms with E-state index in [4.69, 9.17) is 18.5 Å². The molecular formula is C34H67NO8P+. The molecule has 0 aliphatic carbocycles. The third kappa shape index (κ3) is 30.8. The number of likely N-dealkylation sites (N-methyl/N-ethyl adjacent to an activating group) is 1.